The number of nitriles is 2. The van der Waals surface area contributed by atoms with Crippen molar-refractivity contribution in [1.82, 2.24) is 4.98 Å². The number of pyridine rings is 1. The Labute approximate surface area is 113 Å². The van der Waals surface area contributed by atoms with Crippen LogP contribution in [0.1, 0.15) is 11.1 Å². The fourth-order valence-corrected chi connectivity index (χ4v) is 1.76. The summed E-state index contributed by atoms with van der Waals surface area (Å²) in [5.41, 5.74) is 1.71. The van der Waals surface area contributed by atoms with Gasteiger partial charge in [-0.25, -0.2) is 4.98 Å². The van der Waals surface area contributed by atoms with Crippen molar-refractivity contribution >= 4 is 27.4 Å². The Bertz CT molecular complexity index is 667. The van der Waals surface area contributed by atoms with E-state index < -0.39 is 0 Å². The Morgan fingerprint density at radius 3 is 2.72 bits per heavy atom. The van der Waals surface area contributed by atoms with Crippen molar-refractivity contribution in [3.05, 3.63) is 52.1 Å². The molecule has 86 valence electrons. The summed E-state index contributed by atoms with van der Waals surface area (Å²) in [6, 6.07) is 12.8. The molecule has 1 aromatic heterocycles. The van der Waals surface area contributed by atoms with Crippen molar-refractivity contribution in [3.63, 3.8) is 0 Å². The number of nitrogens with zero attached hydrogens (tertiary/aromatic N) is 3. The summed E-state index contributed by atoms with van der Waals surface area (Å²) in [5, 5.41) is 20.9. The number of benzene rings is 1. The van der Waals surface area contributed by atoms with Gasteiger partial charge in [-0.2, -0.15) is 10.5 Å². The first kappa shape index (κ1) is 12.1. The summed E-state index contributed by atoms with van der Waals surface area (Å²) in [5.74, 6) is 0.468. The van der Waals surface area contributed by atoms with Gasteiger partial charge in [-0.05, 0) is 40.2 Å². The third kappa shape index (κ3) is 2.65. The molecule has 2 aromatic rings. The lowest BCUT2D eigenvalue weighted by Crippen LogP contribution is -1.97. The Morgan fingerprint density at radius 1 is 1.17 bits per heavy atom. The van der Waals surface area contributed by atoms with Crippen LogP contribution in [-0.4, -0.2) is 4.98 Å². The lowest BCUT2D eigenvalue weighted by Gasteiger charge is -2.07. The van der Waals surface area contributed by atoms with E-state index in [2.05, 4.69) is 38.4 Å². The molecule has 0 saturated heterocycles. The van der Waals surface area contributed by atoms with E-state index in [-0.39, 0.29) is 0 Å². The summed E-state index contributed by atoms with van der Waals surface area (Å²) in [7, 11) is 0. The lowest BCUT2D eigenvalue weighted by molar-refractivity contribution is 1.27. The van der Waals surface area contributed by atoms with E-state index in [1.807, 2.05) is 6.07 Å². The van der Waals surface area contributed by atoms with Crippen molar-refractivity contribution in [1.29, 1.82) is 10.5 Å². The molecule has 2 rings (SSSR count). The molecule has 0 aliphatic heterocycles. The molecule has 0 amide bonds. The zero-order valence-electron chi connectivity index (χ0n) is 9.18. The van der Waals surface area contributed by atoms with E-state index >= 15 is 0 Å². The molecule has 0 radical (unpaired) electrons. The molecule has 0 aliphatic carbocycles. The lowest BCUT2D eigenvalue weighted by atomic mass is 10.2. The van der Waals surface area contributed by atoms with Gasteiger partial charge in [0, 0.05) is 16.4 Å². The Balaban J connectivity index is 2.35. The molecule has 4 nitrogen and oxygen atoms in total. The van der Waals surface area contributed by atoms with Gasteiger partial charge < -0.3 is 5.32 Å². The second-order valence-electron chi connectivity index (χ2n) is 3.48. The maximum absolute atomic E-state index is 9.02. The number of halogens is 1. The van der Waals surface area contributed by atoms with Crippen LogP contribution in [0.2, 0.25) is 0 Å². The summed E-state index contributed by atoms with van der Waals surface area (Å²) in [6.07, 6.45) is 1.61. The normalized spacial score (nSPS) is 9.28. The van der Waals surface area contributed by atoms with E-state index in [1.165, 1.54) is 0 Å². The monoisotopic (exact) mass is 298 g/mol. The van der Waals surface area contributed by atoms with Crippen LogP contribution in [0.5, 0.6) is 0 Å². The van der Waals surface area contributed by atoms with Gasteiger partial charge in [-0.3, -0.25) is 0 Å². The molecule has 0 unspecified atom stereocenters. The number of anilines is 2. The van der Waals surface area contributed by atoms with Gasteiger partial charge >= 0.3 is 0 Å². The summed E-state index contributed by atoms with van der Waals surface area (Å²) < 4.78 is 0.746. The topological polar surface area (TPSA) is 72.5 Å². The van der Waals surface area contributed by atoms with Gasteiger partial charge in [-0.1, -0.05) is 6.07 Å². The van der Waals surface area contributed by atoms with Crippen molar-refractivity contribution < 1.29 is 0 Å². The van der Waals surface area contributed by atoms with Gasteiger partial charge in [0.05, 0.1) is 17.2 Å². The maximum atomic E-state index is 9.02. The molecule has 18 heavy (non-hydrogen) atoms. The van der Waals surface area contributed by atoms with Crippen LogP contribution in [0.3, 0.4) is 0 Å². The minimum Gasteiger partial charge on any atom is -0.339 e. The van der Waals surface area contributed by atoms with E-state index in [0.717, 1.165) is 10.2 Å². The predicted octanol–water partition coefficient (Wildman–Crippen LogP) is 3.33. The molecule has 5 heteroatoms. The number of aromatic nitrogens is 1. The quantitative estimate of drug-likeness (QED) is 0.923. The molecule has 0 fully saturated rings. The fraction of sp³-hybridized carbons (Fsp3) is 0. The van der Waals surface area contributed by atoms with Crippen molar-refractivity contribution in [3.8, 4) is 12.1 Å². The molecular formula is C13H7BrN4. The van der Waals surface area contributed by atoms with Gasteiger partial charge in [0.2, 0.25) is 0 Å². The second-order valence-corrected chi connectivity index (χ2v) is 4.39. The van der Waals surface area contributed by atoms with E-state index in [0.29, 0.717) is 16.9 Å². The van der Waals surface area contributed by atoms with Crippen molar-refractivity contribution in [2.24, 2.45) is 0 Å². The largest absolute Gasteiger partial charge is 0.339 e. The highest BCUT2D eigenvalue weighted by Gasteiger charge is 2.05. The molecule has 1 N–H and O–H groups in total. The highest BCUT2D eigenvalue weighted by atomic mass is 79.9. The van der Waals surface area contributed by atoms with Gasteiger partial charge in [-0.15, -0.1) is 0 Å². The molecule has 0 bridgehead atoms. The standard InChI is InChI=1S/C13H7BrN4/c14-11-5-10(7-16)13(17-8-11)18-12-3-1-2-9(4-12)6-15/h1-5,8H,(H,17,18). The van der Waals surface area contributed by atoms with Gasteiger partial charge in [0.1, 0.15) is 11.9 Å². The number of nitrogens with one attached hydrogen (secondary N) is 1. The number of rotatable bonds is 2. The summed E-state index contributed by atoms with van der Waals surface area (Å²) in [6.45, 7) is 0. The zero-order valence-corrected chi connectivity index (χ0v) is 10.8. The van der Waals surface area contributed by atoms with Gasteiger partial charge in [0.15, 0.2) is 0 Å². The van der Waals surface area contributed by atoms with Crippen LogP contribution in [-0.2, 0) is 0 Å². The van der Waals surface area contributed by atoms with Crippen LogP contribution in [0.15, 0.2) is 41.0 Å². The number of hydrogen-bond acceptors (Lipinski definition) is 4. The third-order valence-electron chi connectivity index (χ3n) is 2.23. The molecule has 0 spiro atoms. The van der Waals surface area contributed by atoms with Gasteiger partial charge in [0.25, 0.3) is 0 Å². The van der Waals surface area contributed by atoms with Crippen LogP contribution in [0.4, 0.5) is 11.5 Å². The molecule has 1 heterocycles. The van der Waals surface area contributed by atoms with Crippen LogP contribution in [0, 0.1) is 22.7 Å². The SMILES string of the molecule is N#Cc1cccc(Nc2ncc(Br)cc2C#N)c1. The third-order valence-corrected chi connectivity index (χ3v) is 2.66. The molecule has 0 atom stereocenters. The second kappa shape index (κ2) is 5.31. The van der Waals surface area contributed by atoms with Crippen LogP contribution in [0.25, 0.3) is 0 Å². The Hall–Kier alpha value is -2.37. The average Bonchev–Trinajstić information content (AvgIpc) is 2.41. The molecular weight excluding hydrogens is 292 g/mol. The van der Waals surface area contributed by atoms with Crippen LogP contribution < -0.4 is 5.32 Å². The van der Waals surface area contributed by atoms with E-state index in [1.54, 1.807) is 30.5 Å². The fourth-order valence-electron chi connectivity index (χ4n) is 1.43. The minimum atomic E-state index is 0.437. The predicted molar refractivity (Wildman–Crippen MR) is 71.1 cm³/mol. The molecule has 0 saturated carbocycles. The highest BCUT2D eigenvalue weighted by Crippen LogP contribution is 2.21. The van der Waals surface area contributed by atoms with Crippen molar-refractivity contribution in [2.45, 2.75) is 0 Å². The first-order valence-corrected chi connectivity index (χ1v) is 5.85. The Kier molecular flexibility index (Phi) is 3.57. The zero-order chi connectivity index (χ0) is 13.0. The number of hydrogen-bond donors (Lipinski definition) is 1. The summed E-state index contributed by atoms with van der Waals surface area (Å²) in [4.78, 5) is 4.14. The van der Waals surface area contributed by atoms with E-state index in [9.17, 15) is 0 Å². The van der Waals surface area contributed by atoms with Crippen LogP contribution >= 0.6 is 15.9 Å². The Morgan fingerprint density at radius 2 is 2.00 bits per heavy atom. The molecule has 1 aromatic carbocycles. The minimum absolute atomic E-state index is 0.437. The average molecular weight is 299 g/mol. The first-order valence-electron chi connectivity index (χ1n) is 5.06. The van der Waals surface area contributed by atoms with E-state index in [4.69, 9.17) is 10.5 Å². The smallest absolute Gasteiger partial charge is 0.148 e. The first-order chi connectivity index (χ1) is 8.72. The maximum Gasteiger partial charge on any atom is 0.148 e. The van der Waals surface area contributed by atoms with Crippen molar-refractivity contribution in [2.75, 3.05) is 5.32 Å². The summed E-state index contributed by atoms with van der Waals surface area (Å²) >= 11 is 3.26. The highest BCUT2D eigenvalue weighted by molar-refractivity contribution is 9.10. The molecule has 0 aliphatic rings.